The Hall–Kier alpha value is -3.66. The number of hydrogen-bond donors (Lipinski definition) is 2. The number of benzene rings is 1. The molecule has 0 aliphatic heterocycles. The molecule has 0 saturated heterocycles. The van der Waals surface area contributed by atoms with Crippen LogP contribution in [0.15, 0.2) is 67.1 Å². The van der Waals surface area contributed by atoms with Crippen molar-refractivity contribution in [3.8, 4) is 5.75 Å². The van der Waals surface area contributed by atoms with Crippen molar-refractivity contribution in [2.24, 2.45) is 0 Å². The van der Waals surface area contributed by atoms with Crippen LogP contribution in [0.4, 0.5) is 18.9 Å². The van der Waals surface area contributed by atoms with Crippen molar-refractivity contribution >= 4 is 17.5 Å². The third kappa shape index (κ3) is 5.20. The van der Waals surface area contributed by atoms with Crippen molar-refractivity contribution in [2.45, 2.75) is 12.5 Å². The second-order valence-corrected chi connectivity index (χ2v) is 5.83. The van der Waals surface area contributed by atoms with Gasteiger partial charge in [0.1, 0.15) is 11.4 Å². The molecule has 0 spiro atoms. The van der Waals surface area contributed by atoms with Crippen molar-refractivity contribution in [2.75, 3.05) is 5.32 Å². The van der Waals surface area contributed by atoms with Crippen LogP contribution in [0.3, 0.4) is 0 Å². The zero-order valence-corrected chi connectivity index (χ0v) is 14.6. The number of aromatic nitrogens is 2. The Bertz CT molecular complexity index is 1000. The molecule has 10 heteroatoms. The molecule has 1 amide bonds. The van der Waals surface area contributed by atoms with Crippen LogP contribution in [0.1, 0.15) is 27.0 Å². The SMILES string of the molecule is O=C(Nc1ccn(C(=O)[C@H](O)c2ccc(OC(F)(F)F)cc2)c1)c1ccccn1. The van der Waals surface area contributed by atoms with Crippen molar-refractivity contribution in [3.05, 3.63) is 78.4 Å². The number of nitrogens with one attached hydrogen (secondary N) is 1. The number of halogens is 3. The maximum absolute atomic E-state index is 12.4. The average molecular weight is 405 g/mol. The molecule has 0 radical (unpaired) electrons. The Kier molecular flexibility index (Phi) is 5.64. The molecule has 0 unspecified atom stereocenters. The summed E-state index contributed by atoms with van der Waals surface area (Å²) in [7, 11) is 0. The lowest BCUT2D eigenvalue weighted by atomic mass is 10.1. The van der Waals surface area contributed by atoms with Gasteiger partial charge in [-0.05, 0) is 35.9 Å². The maximum atomic E-state index is 12.4. The van der Waals surface area contributed by atoms with Gasteiger partial charge in [-0.2, -0.15) is 0 Å². The normalized spacial score (nSPS) is 12.3. The molecule has 2 heterocycles. The predicted molar refractivity (Wildman–Crippen MR) is 95.3 cm³/mol. The Morgan fingerprint density at radius 1 is 1.10 bits per heavy atom. The highest BCUT2D eigenvalue weighted by Gasteiger charge is 2.31. The van der Waals surface area contributed by atoms with Gasteiger partial charge in [-0.25, -0.2) is 0 Å². The number of anilines is 1. The van der Waals surface area contributed by atoms with Crippen LogP contribution >= 0.6 is 0 Å². The first-order chi connectivity index (χ1) is 13.7. The van der Waals surface area contributed by atoms with Crippen LogP contribution in [0, 0.1) is 0 Å². The van der Waals surface area contributed by atoms with E-state index in [4.69, 9.17) is 0 Å². The molecule has 29 heavy (non-hydrogen) atoms. The highest BCUT2D eigenvalue weighted by molar-refractivity contribution is 6.03. The molecule has 7 nitrogen and oxygen atoms in total. The standard InChI is InChI=1S/C19H14F3N3O4/c20-19(21,22)29-14-6-4-12(5-7-14)16(26)18(28)25-10-8-13(11-25)24-17(27)15-3-1-2-9-23-15/h1-11,16,26H,(H,24,27)/t16-/m1/s1. The van der Waals surface area contributed by atoms with E-state index in [1.165, 1.54) is 30.7 Å². The van der Waals surface area contributed by atoms with Gasteiger partial charge in [-0.3, -0.25) is 19.1 Å². The first kappa shape index (κ1) is 20.1. The number of carbonyl (C=O) groups is 2. The number of carbonyl (C=O) groups excluding carboxylic acids is 2. The minimum absolute atomic E-state index is 0.0808. The quantitative estimate of drug-likeness (QED) is 0.679. The summed E-state index contributed by atoms with van der Waals surface area (Å²) in [5, 5.41) is 12.8. The highest BCUT2D eigenvalue weighted by atomic mass is 19.4. The van der Waals surface area contributed by atoms with E-state index in [2.05, 4.69) is 15.0 Å². The monoisotopic (exact) mass is 405 g/mol. The second kappa shape index (κ2) is 8.15. The summed E-state index contributed by atoms with van der Waals surface area (Å²) < 4.78 is 41.4. The molecule has 0 bridgehead atoms. The van der Waals surface area contributed by atoms with Crippen LogP contribution in [0.25, 0.3) is 0 Å². The number of pyridine rings is 1. The van der Waals surface area contributed by atoms with E-state index in [0.29, 0.717) is 5.69 Å². The number of amides is 1. The smallest absolute Gasteiger partial charge is 0.406 e. The van der Waals surface area contributed by atoms with Crippen LogP contribution in [0.5, 0.6) is 5.75 Å². The molecule has 3 rings (SSSR count). The number of alkyl halides is 3. The van der Waals surface area contributed by atoms with Crippen LogP contribution in [0.2, 0.25) is 0 Å². The van der Waals surface area contributed by atoms with Crippen molar-refractivity contribution in [1.29, 1.82) is 0 Å². The van der Waals surface area contributed by atoms with Crippen molar-refractivity contribution < 1.29 is 32.6 Å². The van der Waals surface area contributed by atoms with Gasteiger partial charge in [-0.1, -0.05) is 18.2 Å². The predicted octanol–water partition coefficient (Wildman–Crippen LogP) is 3.41. The molecule has 0 fully saturated rings. The van der Waals surface area contributed by atoms with E-state index < -0.39 is 30.0 Å². The molecular weight excluding hydrogens is 391 g/mol. The lowest BCUT2D eigenvalue weighted by Crippen LogP contribution is -2.19. The summed E-state index contributed by atoms with van der Waals surface area (Å²) in [6, 6.07) is 10.6. The van der Waals surface area contributed by atoms with E-state index in [1.54, 1.807) is 12.1 Å². The summed E-state index contributed by atoms with van der Waals surface area (Å²) in [6.45, 7) is 0. The molecule has 0 saturated carbocycles. The Morgan fingerprint density at radius 3 is 2.45 bits per heavy atom. The Labute approximate surface area is 162 Å². The first-order valence-corrected chi connectivity index (χ1v) is 8.21. The van der Waals surface area contributed by atoms with Gasteiger partial charge in [0.05, 0.1) is 5.69 Å². The van der Waals surface area contributed by atoms with Crippen LogP contribution in [-0.2, 0) is 0 Å². The molecule has 150 valence electrons. The number of aliphatic hydroxyl groups is 1. The zero-order valence-electron chi connectivity index (χ0n) is 14.6. The third-order valence-corrected chi connectivity index (χ3v) is 3.77. The van der Waals surface area contributed by atoms with E-state index in [1.807, 2.05) is 0 Å². The second-order valence-electron chi connectivity index (χ2n) is 5.83. The zero-order chi connectivity index (χ0) is 21.0. The van der Waals surface area contributed by atoms with Gasteiger partial charge < -0.3 is 15.2 Å². The molecule has 0 aliphatic rings. The number of rotatable bonds is 5. The Balaban J connectivity index is 1.67. The summed E-state index contributed by atoms with van der Waals surface area (Å²) in [4.78, 5) is 28.4. The lowest BCUT2D eigenvalue weighted by molar-refractivity contribution is -0.274. The number of hydrogen-bond acceptors (Lipinski definition) is 5. The van der Waals surface area contributed by atoms with Crippen LogP contribution < -0.4 is 10.1 Å². The first-order valence-electron chi connectivity index (χ1n) is 8.21. The fraction of sp³-hybridized carbons (Fsp3) is 0.105. The number of aliphatic hydroxyl groups excluding tert-OH is 1. The van der Waals surface area contributed by atoms with Gasteiger partial charge >= 0.3 is 6.36 Å². The van der Waals surface area contributed by atoms with Gasteiger partial charge in [-0.15, -0.1) is 13.2 Å². The van der Waals surface area contributed by atoms with Gasteiger partial charge in [0.25, 0.3) is 11.8 Å². The van der Waals surface area contributed by atoms with E-state index >= 15 is 0 Å². The summed E-state index contributed by atoms with van der Waals surface area (Å²) in [5.41, 5.74) is 0.570. The van der Waals surface area contributed by atoms with E-state index in [0.717, 1.165) is 28.8 Å². The molecule has 0 aliphatic carbocycles. The summed E-state index contributed by atoms with van der Waals surface area (Å²) >= 11 is 0. The summed E-state index contributed by atoms with van der Waals surface area (Å²) in [5.74, 6) is -1.70. The fourth-order valence-corrected chi connectivity index (χ4v) is 2.44. The summed E-state index contributed by atoms with van der Waals surface area (Å²) in [6.07, 6.45) is -2.36. The molecule has 2 aromatic heterocycles. The van der Waals surface area contributed by atoms with Gasteiger partial charge in [0.2, 0.25) is 0 Å². The minimum Gasteiger partial charge on any atom is -0.406 e. The minimum atomic E-state index is -4.84. The molecule has 1 aromatic carbocycles. The average Bonchev–Trinajstić information content (AvgIpc) is 3.15. The maximum Gasteiger partial charge on any atom is 0.573 e. The molecule has 1 atom stereocenters. The van der Waals surface area contributed by atoms with Gasteiger partial charge in [0, 0.05) is 18.6 Å². The Morgan fingerprint density at radius 2 is 1.83 bits per heavy atom. The van der Waals surface area contributed by atoms with E-state index in [-0.39, 0.29) is 11.3 Å². The number of ether oxygens (including phenoxy) is 1. The van der Waals surface area contributed by atoms with Crippen molar-refractivity contribution in [3.63, 3.8) is 0 Å². The number of nitrogens with zero attached hydrogens (tertiary/aromatic N) is 2. The molecule has 2 N–H and O–H groups in total. The molecular formula is C19H14F3N3O4. The largest absolute Gasteiger partial charge is 0.573 e. The van der Waals surface area contributed by atoms with Crippen LogP contribution in [-0.4, -0.2) is 32.8 Å². The lowest BCUT2D eigenvalue weighted by Gasteiger charge is -2.12. The van der Waals surface area contributed by atoms with Gasteiger partial charge in [0.15, 0.2) is 6.10 Å². The topological polar surface area (TPSA) is 93.5 Å². The van der Waals surface area contributed by atoms with E-state index in [9.17, 15) is 27.9 Å². The highest BCUT2D eigenvalue weighted by Crippen LogP contribution is 2.25. The fourth-order valence-electron chi connectivity index (χ4n) is 2.44. The van der Waals surface area contributed by atoms with Crippen molar-refractivity contribution in [1.82, 2.24) is 9.55 Å². The third-order valence-electron chi connectivity index (χ3n) is 3.77. The molecule has 3 aromatic rings.